The Morgan fingerprint density at radius 3 is 2.49 bits per heavy atom. The van der Waals surface area contributed by atoms with E-state index in [1.54, 1.807) is 7.11 Å². The Bertz CT molecular complexity index is 1280. The van der Waals surface area contributed by atoms with Gasteiger partial charge in [0.2, 0.25) is 5.91 Å². The summed E-state index contributed by atoms with van der Waals surface area (Å²) in [5.74, 6) is 0.0742. The molecule has 1 aliphatic rings. The lowest BCUT2D eigenvalue weighted by Gasteiger charge is -2.38. The molecule has 1 N–H and O–H groups in total. The molecule has 8 nitrogen and oxygen atoms in total. The SMILES string of the molecule is COc1ccc2nccc(CCN3CCC(N(CC(=O)Nc4ccc(F)cc4)C(=O)OC(C)(C)C)CC3)c2c1. The van der Waals surface area contributed by atoms with Crippen LogP contribution in [0.1, 0.15) is 39.2 Å². The number of nitrogens with one attached hydrogen (secondary N) is 1. The van der Waals surface area contributed by atoms with Crippen LogP contribution in [0.25, 0.3) is 10.9 Å². The number of carbonyl (C=O) groups is 2. The number of rotatable bonds is 8. The number of hydrogen-bond donors (Lipinski definition) is 1. The number of halogens is 1. The molecule has 0 atom stereocenters. The molecule has 9 heteroatoms. The lowest BCUT2D eigenvalue weighted by molar-refractivity contribution is -0.118. The molecule has 39 heavy (non-hydrogen) atoms. The lowest BCUT2D eigenvalue weighted by atomic mass is 10.0. The van der Waals surface area contributed by atoms with E-state index in [-0.39, 0.29) is 24.3 Å². The highest BCUT2D eigenvalue weighted by Gasteiger charge is 2.32. The van der Waals surface area contributed by atoms with Gasteiger partial charge in [-0.05, 0) is 94.1 Å². The number of methoxy groups -OCH3 is 1. The fourth-order valence-corrected chi connectivity index (χ4v) is 4.81. The average Bonchev–Trinajstić information content (AvgIpc) is 2.91. The summed E-state index contributed by atoms with van der Waals surface area (Å²) < 4.78 is 24.3. The number of nitrogens with zero attached hydrogens (tertiary/aromatic N) is 3. The van der Waals surface area contributed by atoms with Gasteiger partial charge < -0.3 is 19.7 Å². The van der Waals surface area contributed by atoms with Gasteiger partial charge in [-0.15, -0.1) is 0 Å². The summed E-state index contributed by atoms with van der Waals surface area (Å²) in [7, 11) is 1.66. The first-order chi connectivity index (χ1) is 18.6. The number of fused-ring (bicyclic) bond motifs is 1. The van der Waals surface area contributed by atoms with E-state index in [0.717, 1.165) is 55.5 Å². The van der Waals surface area contributed by atoms with E-state index in [1.807, 2.05) is 45.2 Å². The number of hydrogen-bond acceptors (Lipinski definition) is 6. The first-order valence-corrected chi connectivity index (χ1v) is 13.3. The maximum Gasteiger partial charge on any atom is 0.411 e. The molecule has 2 heterocycles. The van der Waals surface area contributed by atoms with E-state index in [4.69, 9.17) is 9.47 Å². The summed E-state index contributed by atoms with van der Waals surface area (Å²) in [5, 5.41) is 3.84. The van der Waals surface area contributed by atoms with E-state index >= 15 is 0 Å². The molecule has 1 aromatic heterocycles. The lowest BCUT2D eigenvalue weighted by Crippen LogP contribution is -2.51. The second-order valence-corrected chi connectivity index (χ2v) is 10.8. The van der Waals surface area contributed by atoms with E-state index < -0.39 is 11.7 Å². The van der Waals surface area contributed by atoms with E-state index in [1.165, 1.54) is 34.7 Å². The van der Waals surface area contributed by atoms with Crippen LogP contribution >= 0.6 is 0 Å². The number of amides is 2. The van der Waals surface area contributed by atoms with Gasteiger partial charge in [0.15, 0.2) is 0 Å². The summed E-state index contributed by atoms with van der Waals surface area (Å²) >= 11 is 0. The summed E-state index contributed by atoms with van der Waals surface area (Å²) in [4.78, 5) is 34.3. The zero-order valence-corrected chi connectivity index (χ0v) is 23.1. The van der Waals surface area contributed by atoms with Gasteiger partial charge in [0, 0.05) is 42.9 Å². The molecule has 0 spiro atoms. The van der Waals surface area contributed by atoms with Crippen molar-refractivity contribution in [3.05, 3.63) is 66.1 Å². The number of anilines is 1. The summed E-state index contributed by atoms with van der Waals surface area (Å²) in [6.07, 6.45) is 3.66. The highest BCUT2D eigenvalue weighted by atomic mass is 19.1. The van der Waals surface area contributed by atoms with Crippen LogP contribution in [0.15, 0.2) is 54.7 Å². The predicted molar refractivity (Wildman–Crippen MR) is 149 cm³/mol. The molecule has 0 bridgehead atoms. The van der Waals surface area contributed by atoms with Gasteiger partial charge in [-0.2, -0.15) is 0 Å². The number of piperidine rings is 1. The van der Waals surface area contributed by atoms with Crippen molar-refractivity contribution in [2.45, 2.75) is 51.7 Å². The zero-order chi connectivity index (χ0) is 28.0. The highest BCUT2D eigenvalue weighted by molar-refractivity contribution is 5.94. The molecular weight excluding hydrogens is 499 g/mol. The summed E-state index contributed by atoms with van der Waals surface area (Å²) in [5.41, 5.74) is 1.95. The molecule has 0 saturated carbocycles. The van der Waals surface area contributed by atoms with Crippen LogP contribution < -0.4 is 10.1 Å². The first kappa shape index (κ1) is 28.3. The Morgan fingerprint density at radius 1 is 1.10 bits per heavy atom. The zero-order valence-electron chi connectivity index (χ0n) is 23.1. The van der Waals surface area contributed by atoms with Crippen LogP contribution in [0.5, 0.6) is 5.75 Å². The average molecular weight is 537 g/mol. The number of pyridine rings is 1. The van der Waals surface area contributed by atoms with Gasteiger partial charge in [0.05, 0.1) is 12.6 Å². The summed E-state index contributed by atoms with van der Waals surface area (Å²) in [6, 6.07) is 13.4. The van der Waals surface area contributed by atoms with Crippen LogP contribution in [0, 0.1) is 5.82 Å². The van der Waals surface area contributed by atoms with Gasteiger partial charge in [-0.25, -0.2) is 9.18 Å². The van der Waals surface area contributed by atoms with Crippen LogP contribution in [-0.4, -0.2) is 71.7 Å². The monoisotopic (exact) mass is 536 g/mol. The summed E-state index contributed by atoms with van der Waals surface area (Å²) in [6.45, 7) is 7.77. The van der Waals surface area contributed by atoms with Crippen LogP contribution in [-0.2, 0) is 16.0 Å². The number of ether oxygens (including phenoxy) is 2. The van der Waals surface area contributed by atoms with Crippen molar-refractivity contribution < 1.29 is 23.5 Å². The van der Waals surface area contributed by atoms with Crippen LogP contribution in [0.4, 0.5) is 14.9 Å². The van der Waals surface area contributed by atoms with Gasteiger partial charge in [0.25, 0.3) is 0 Å². The molecule has 2 aromatic carbocycles. The first-order valence-electron chi connectivity index (χ1n) is 13.3. The van der Waals surface area contributed by atoms with Crippen molar-refractivity contribution >= 4 is 28.6 Å². The molecule has 208 valence electrons. The highest BCUT2D eigenvalue weighted by Crippen LogP contribution is 2.24. The molecule has 1 saturated heterocycles. The standard InChI is InChI=1S/C30H37FN4O4/c1-30(2,3)39-29(37)35(20-28(36)33-23-7-5-22(31)6-8-23)24-13-17-34(18-14-24)16-12-21-11-15-32-27-10-9-25(38-4)19-26(21)27/h5-11,15,19,24H,12-14,16-18,20H2,1-4H3,(H,33,36). The van der Waals surface area contributed by atoms with Gasteiger partial charge in [0.1, 0.15) is 23.7 Å². The maximum atomic E-state index is 13.2. The van der Waals surface area contributed by atoms with Crippen molar-refractivity contribution in [3.8, 4) is 5.75 Å². The molecule has 0 unspecified atom stereocenters. The van der Waals surface area contributed by atoms with Crippen molar-refractivity contribution in [1.82, 2.24) is 14.8 Å². The molecule has 1 aliphatic heterocycles. The van der Waals surface area contributed by atoms with Crippen molar-refractivity contribution in [2.75, 3.05) is 38.6 Å². The Kier molecular flexibility index (Phi) is 9.01. The number of likely N-dealkylation sites (tertiary alicyclic amines) is 1. The fraction of sp³-hybridized carbons (Fsp3) is 0.433. The second-order valence-electron chi connectivity index (χ2n) is 10.8. The Labute approximate surface area is 229 Å². The number of benzene rings is 2. The van der Waals surface area contributed by atoms with Gasteiger partial charge >= 0.3 is 6.09 Å². The van der Waals surface area contributed by atoms with E-state index in [0.29, 0.717) is 5.69 Å². The van der Waals surface area contributed by atoms with Crippen LogP contribution in [0.2, 0.25) is 0 Å². The quantitative estimate of drug-likeness (QED) is 0.423. The Balaban J connectivity index is 1.37. The molecule has 1 fully saturated rings. The predicted octanol–water partition coefficient (Wildman–Crippen LogP) is 5.27. The van der Waals surface area contributed by atoms with Crippen molar-refractivity contribution in [2.24, 2.45) is 0 Å². The van der Waals surface area contributed by atoms with E-state index in [2.05, 4.69) is 21.3 Å². The van der Waals surface area contributed by atoms with Gasteiger partial charge in [-0.3, -0.25) is 14.7 Å². The minimum Gasteiger partial charge on any atom is -0.497 e. The molecule has 3 aromatic rings. The van der Waals surface area contributed by atoms with Crippen LogP contribution in [0.3, 0.4) is 0 Å². The van der Waals surface area contributed by atoms with E-state index in [9.17, 15) is 14.0 Å². The smallest absolute Gasteiger partial charge is 0.411 e. The third-order valence-corrected chi connectivity index (χ3v) is 6.80. The van der Waals surface area contributed by atoms with Crippen molar-refractivity contribution in [1.29, 1.82) is 0 Å². The third-order valence-electron chi connectivity index (χ3n) is 6.80. The fourth-order valence-electron chi connectivity index (χ4n) is 4.81. The molecule has 0 aliphatic carbocycles. The normalized spacial score (nSPS) is 14.7. The Morgan fingerprint density at radius 2 is 1.82 bits per heavy atom. The second kappa shape index (κ2) is 12.4. The molecular formula is C30H37FN4O4. The van der Waals surface area contributed by atoms with Crippen molar-refractivity contribution in [3.63, 3.8) is 0 Å². The topological polar surface area (TPSA) is 84.0 Å². The Hall–Kier alpha value is -3.72. The molecule has 2 amide bonds. The third kappa shape index (κ3) is 7.89. The molecule has 0 radical (unpaired) electrons. The maximum absolute atomic E-state index is 13.2. The minimum atomic E-state index is -0.681. The number of aromatic nitrogens is 1. The largest absolute Gasteiger partial charge is 0.497 e. The minimum absolute atomic E-state index is 0.124. The molecule has 4 rings (SSSR count). The number of carbonyl (C=O) groups excluding carboxylic acids is 2. The van der Waals surface area contributed by atoms with Gasteiger partial charge in [-0.1, -0.05) is 0 Å².